The first kappa shape index (κ1) is 37.9. The molecule has 1 fully saturated rings. The molecule has 0 amide bonds. The van der Waals surface area contributed by atoms with Crippen LogP contribution in [0.15, 0.2) is 11.6 Å². The summed E-state index contributed by atoms with van der Waals surface area (Å²) in [5, 5.41) is 21.2. The number of rotatable bonds is 28. The summed E-state index contributed by atoms with van der Waals surface area (Å²) in [7, 11) is 0. The monoisotopic (exact) mass is 606 g/mol. The topological polar surface area (TPSA) is 93.1 Å². The molecule has 0 aromatic carbocycles. The lowest BCUT2D eigenvalue weighted by molar-refractivity contribution is -0.139. The van der Waals surface area contributed by atoms with Crippen LogP contribution in [0, 0.1) is 0 Å². The zero-order valence-corrected chi connectivity index (χ0v) is 27.9. The maximum absolute atomic E-state index is 12.2. The molecule has 5 atom stereocenters. The standard InChI is InChI=1S/C37H66O6/c1-3-4-5-6-7-8-9-10-14-20-25-33(39)35-27-28-36(43-35)34(40)26-21-16-15-19-24-32(38)23-18-13-11-12-17-22-31-29-30(2)42-37(31)41/h29-30,33-36,39-40H,3-28H2,1-2H3/t30-,33+,34-,35+,36+/m0/s1. The molecule has 2 aliphatic rings. The zero-order chi connectivity index (χ0) is 31.1. The van der Waals surface area contributed by atoms with Crippen molar-refractivity contribution in [2.45, 2.75) is 211 Å². The van der Waals surface area contributed by atoms with Crippen molar-refractivity contribution in [1.29, 1.82) is 0 Å². The Labute approximate surface area is 263 Å². The second-order valence-corrected chi connectivity index (χ2v) is 13.5. The van der Waals surface area contributed by atoms with Crippen LogP contribution in [-0.2, 0) is 19.1 Å². The molecule has 0 spiro atoms. The minimum Gasteiger partial charge on any atom is -0.455 e. The highest BCUT2D eigenvalue weighted by atomic mass is 16.5. The maximum Gasteiger partial charge on any atom is 0.334 e. The first-order valence-corrected chi connectivity index (χ1v) is 18.4. The predicted molar refractivity (Wildman–Crippen MR) is 175 cm³/mol. The molecule has 0 aromatic heterocycles. The van der Waals surface area contributed by atoms with Crippen LogP contribution in [0.25, 0.3) is 0 Å². The number of carbonyl (C=O) groups is 2. The fourth-order valence-corrected chi connectivity index (χ4v) is 6.61. The largest absolute Gasteiger partial charge is 0.455 e. The summed E-state index contributed by atoms with van der Waals surface area (Å²) in [6, 6.07) is 0. The van der Waals surface area contributed by atoms with Gasteiger partial charge in [0.15, 0.2) is 0 Å². The summed E-state index contributed by atoms with van der Waals surface area (Å²) in [6.07, 6.45) is 28.3. The average Bonchev–Trinajstić information content (AvgIpc) is 3.61. The summed E-state index contributed by atoms with van der Waals surface area (Å²) in [6.45, 7) is 4.15. The Morgan fingerprint density at radius 2 is 1.16 bits per heavy atom. The number of carbonyl (C=O) groups excluding carboxylic acids is 2. The Morgan fingerprint density at radius 1 is 0.721 bits per heavy atom. The van der Waals surface area contributed by atoms with Gasteiger partial charge in [-0.2, -0.15) is 0 Å². The van der Waals surface area contributed by atoms with Crippen molar-refractivity contribution >= 4 is 11.8 Å². The van der Waals surface area contributed by atoms with Crippen molar-refractivity contribution in [3.8, 4) is 0 Å². The van der Waals surface area contributed by atoms with Gasteiger partial charge in [0.2, 0.25) is 0 Å². The van der Waals surface area contributed by atoms with Gasteiger partial charge in [0, 0.05) is 18.4 Å². The lowest BCUT2D eigenvalue weighted by Gasteiger charge is -2.22. The molecule has 6 nitrogen and oxygen atoms in total. The molecule has 2 rings (SSSR count). The van der Waals surface area contributed by atoms with E-state index in [9.17, 15) is 19.8 Å². The first-order chi connectivity index (χ1) is 20.9. The summed E-state index contributed by atoms with van der Waals surface area (Å²) < 4.78 is 11.2. The van der Waals surface area contributed by atoms with Gasteiger partial charge in [-0.3, -0.25) is 4.79 Å². The van der Waals surface area contributed by atoms with Crippen LogP contribution >= 0.6 is 0 Å². The van der Waals surface area contributed by atoms with E-state index in [-0.39, 0.29) is 24.3 Å². The predicted octanol–water partition coefficient (Wildman–Crippen LogP) is 9.08. The molecule has 6 heteroatoms. The molecule has 0 saturated carbocycles. The van der Waals surface area contributed by atoms with E-state index in [1.54, 1.807) is 0 Å². The van der Waals surface area contributed by atoms with Crippen LogP contribution in [-0.4, -0.2) is 52.5 Å². The molecule has 43 heavy (non-hydrogen) atoms. The second-order valence-electron chi connectivity index (χ2n) is 13.5. The second kappa shape index (κ2) is 24.1. The van der Waals surface area contributed by atoms with Gasteiger partial charge in [0.25, 0.3) is 0 Å². The Balaban J connectivity index is 1.36. The number of Topliss-reactive ketones (excluding diaryl/α,β-unsaturated/α-hetero) is 1. The molecule has 2 N–H and O–H groups in total. The van der Waals surface area contributed by atoms with Crippen LogP contribution in [0.2, 0.25) is 0 Å². The number of aliphatic hydroxyl groups excluding tert-OH is 2. The van der Waals surface area contributed by atoms with Crippen LogP contribution in [0.1, 0.15) is 181 Å². The van der Waals surface area contributed by atoms with Crippen LogP contribution in [0.5, 0.6) is 0 Å². The molecule has 0 radical (unpaired) electrons. The summed E-state index contributed by atoms with van der Waals surface area (Å²) in [5.74, 6) is 0.214. The Hall–Kier alpha value is -1.24. The van der Waals surface area contributed by atoms with Crippen molar-refractivity contribution < 1.29 is 29.3 Å². The van der Waals surface area contributed by atoms with E-state index in [1.807, 2.05) is 13.0 Å². The molecule has 250 valence electrons. The van der Waals surface area contributed by atoms with Gasteiger partial charge in [-0.1, -0.05) is 110 Å². The summed E-state index contributed by atoms with van der Waals surface area (Å²) in [5.41, 5.74) is 0.822. The Morgan fingerprint density at radius 3 is 1.63 bits per heavy atom. The number of aliphatic hydroxyl groups is 2. The number of esters is 1. The number of hydrogen-bond acceptors (Lipinski definition) is 6. The maximum atomic E-state index is 12.2. The van der Waals surface area contributed by atoms with Crippen LogP contribution < -0.4 is 0 Å². The summed E-state index contributed by atoms with van der Waals surface area (Å²) in [4.78, 5) is 23.8. The van der Waals surface area contributed by atoms with Gasteiger partial charge in [0.05, 0.1) is 24.4 Å². The van der Waals surface area contributed by atoms with E-state index >= 15 is 0 Å². The molecular weight excluding hydrogens is 540 g/mol. The van der Waals surface area contributed by atoms with Gasteiger partial charge < -0.3 is 19.7 Å². The highest BCUT2D eigenvalue weighted by molar-refractivity contribution is 5.90. The summed E-state index contributed by atoms with van der Waals surface area (Å²) >= 11 is 0. The zero-order valence-electron chi connectivity index (χ0n) is 27.9. The van der Waals surface area contributed by atoms with Crippen LogP contribution in [0.3, 0.4) is 0 Å². The lowest BCUT2D eigenvalue weighted by Crippen LogP contribution is -2.31. The number of cyclic esters (lactones) is 1. The third-order valence-corrected chi connectivity index (χ3v) is 9.40. The Bertz CT molecular complexity index is 764. The van der Waals surface area contributed by atoms with Crippen molar-refractivity contribution in [1.82, 2.24) is 0 Å². The lowest BCUT2D eigenvalue weighted by atomic mass is 9.99. The highest BCUT2D eigenvalue weighted by Crippen LogP contribution is 2.28. The normalized spacial score (nSPS) is 21.6. The highest BCUT2D eigenvalue weighted by Gasteiger charge is 2.34. The molecule has 2 heterocycles. The van der Waals surface area contributed by atoms with Gasteiger partial charge in [-0.05, 0) is 64.4 Å². The third-order valence-electron chi connectivity index (χ3n) is 9.40. The Kier molecular flexibility index (Phi) is 21.2. The van der Waals surface area contributed by atoms with Crippen LogP contribution in [0.4, 0.5) is 0 Å². The number of unbranched alkanes of at least 4 members (excludes halogenated alkanes) is 16. The van der Waals surface area contributed by atoms with Gasteiger partial charge in [-0.25, -0.2) is 4.79 Å². The molecule has 1 saturated heterocycles. The van der Waals surface area contributed by atoms with Crippen molar-refractivity contribution in [3.63, 3.8) is 0 Å². The van der Waals surface area contributed by atoms with E-state index < -0.39 is 12.2 Å². The van der Waals surface area contributed by atoms with E-state index in [4.69, 9.17) is 9.47 Å². The minimum atomic E-state index is -0.455. The quantitative estimate of drug-likeness (QED) is 0.0682. The van der Waals surface area contributed by atoms with Gasteiger partial charge in [0.1, 0.15) is 11.9 Å². The third kappa shape index (κ3) is 17.7. The van der Waals surface area contributed by atoms with Gasteiger partial charge >= 0.3 is 5.97 Å². The van der Waals surface area contributed by atoms with Gasteiger partial charge in [-0.15, -0.1) is 0 Å². The van der Waals surface area contributed by atoms with Crippen molar-refractivity contribution in [2.24, 2.45) is 0 Å². The van der Waals surface area contributed by atoms with Crippen molar-refractivity contribution in [2.75, 3.05) is 0 Å². The van der Waals surface area contributed by atoms with E-state index in [0.717, 1.165) is 102 Å². The van der Waals surface area contributed by atoms with E-state index in [0.29, 0.717) is 18.6 Å². The molecular formula is C37H66O6. The first-order valence-electron chi connectivity index (χ1n) is 18.4. The minimum absolute atomic E-state index is 0.0794. The molecule has 0 bridgehead atoms. The SMILES string of the molecule is CCCCCCCCCCCC[C@@H](O)[C@H]1CC[C@H]([C@@H](O)CCCCCCC(=O)CCCCCCCC2=C[C@H](C)OC2=O)O1. The molecule has 0 aromatic rings. The van der Waals surface area contributed by atoms with E-state index in [2.05, 4.69) is 6.92 Å². The fraction of sp³-hybridized carbons (Fsp3) is 0.892. The fourth-order valence-electron chi connectivity index (χ4n) is 6.61. The molecule has 0 unspecified atom stereocenters. The van der Waals surface area contributed by atoms with Crippen molar-refractivity contribution in [3.05, 3.63) is 11.6 Å². The van der Waals surface area contributed by atoms with E-state index in [1.165, 1.54) is 57.8 Å². The number of ether oxygens (including phenoxy) is 2. The smallest absolute Gasteiger partial charge is 0.334 e. The number of ketones is 1. The molecule has 2 aliphatic heterocycles. The molecule has 0 aliphatic carbocycles. The number of hydrogen-bond donors (Lipinski definition) is 2. The average molecular weight is 607 g/mol.